The number of carbonyl (C=O) groups excluding carboxylic acids is 1. The second-order valence-electron chi connectivity index (χ2n) is 4.43. The van der Waals surface area contributed by atoms with Gasteiger partial charge in [0.2, 0.25) is 0 Å². The van der Waals surface area contributed by atoms with Gasteiger partial charge >= 0.3 is 12.1 Å². The molecule has 1 aromatic carbocycles. The first-order chi connectivity index (χ1) is 10.3. The van der Waals surface area contributed by atoms with Crippen LogP contribution in [0.25, 0.3) is 11.1 Å². The molecule has 2 rings (SSSR count). The van der Waals surface area contributed by atoms with Crippen LogP contribution in [0.15, 0.2) is 41.3 Å². The number of esters is 1. The minimum Gasteiger partial charge on any atom is -0.462 e. The summed E-state index contributed by atoms with van der Waals surface area (Å²) in [5.74, 6) is -0.822. The lowest BCUT2D eigenvalue weighted by Gasteiger charge is -2.09. The Morgan fingerprint density at radius 3 is 2.59 bits per heavy atom. The normalized spacial score (nSPS) is 11.3. The highest BCUT2D eigenvalue weighted by Crippen LogP contribution is 2.31. The monoisotopic (exact) mass is 311 g/mol. The van der Waals surface area contributed by atoms with Crippen molar-refractivity contribution in [3.8, 4) is 11.1 Å². The molecule has 0 atom stereocenters. The molecule has 22 heavy (non-hydrogen) atoms. The van der Waals surface area contributed by atoms with Gasteiger partial charge in [0.25, 0.3) is 5.56 Å². The van der Waals surface area contributed by atoms with Gasteiger partial charge in [0, 0.05) is 6.20 Å². The standard InChI is InChI=1S/C15H12F3NO3/c1-2-22-14(21)12-7-10(8-19-13(12)20)9-4-3-5-11(6-9)15(16,17)18/h3-8H,2H2,1H3,(H,19,20). The Balaban J connectivity index is 2.48. The first-order valence-corrected chi connectivity index (χ1v) is 6.40. The number of pyridine rings is 1. The molecule has 1 N–H and O–H groups in total. The molecule has 1 aromatic heterocycles. The number of H-pyrrole nitrogens is 1. The third-order valence-electron chi connectivity index (χ3n) is 2.92. The van der Waals surface area contributed by atoms with E-state index in [4.69, 9.17) is 4.74 Å². The molecule has 0 saturated heterocycles. The Morgan fingerprint density at radius 2 is 1.95 bits per heavy atom. The minimum absolute atomic E-state index is 0.0893. The molecule has 0 aliphatic rings. The molecule has 0 radical (unpaired) electrons. The summed E-state index contributed by atoms with van der Waals surface area (Å²) in [6.45, 7) is 1.68. The Kier molecular flexibility index (Phi) is 4.35. The molecule has 2 aromatic rings. The maximum absolute atomic E-state index is 12.7. The topological polar surface area (TPSA) is 59.2 Å². The predicted molar refractivity (Wildman–Crippen MR) is 73.5 cm³/mol. The number of nitrogens with one attached hydrogen (secondary N) is 1. The van der Waals surface area contributed by atoms with E-state index in [2.05, 4.69) is 4.98 Å². The van der Waals surface area contributed by atoms with E-state index in [1.807, 2.05) is 0 Å². The van der Waals surface area contributed by atoms with Crippen LogP contribution in [0, 0.1) is 0 Å². The van der Waals surface area contributed by atoms with Crippen LogP contribution in [0.2, 0.25) is 0 Å². The van der Waals surface area contributed by atoms with Gasteiger partial charge in [0.15, 0.2) is 0 Å². The fourth-order valence-corrected chi connectivity index (χ4v) is 1.89. The second-order valence-corrected chi connectivity index (χ2v) is 4.43. The maximum atomic E-state index is 12.7. The Labute approximate surface area is 123 Å². The summed E-state index contributed by atoms with van der Waals surface area (Å²) in [4.78, 5) is 25.6. The number of hydrogen-bond donors (Lipinski definition) is 1. The van der Waals surface area contributed by atoms with E-state index in [-0.39, 0.29) is 23.3 Å². The molecule has 0 amide bonds. The van der Waals surface area contributed by atoms with Gasteiger partial charge in [0.1, 0.15) is 5.56 Å². The second kappa shape index (κ2) is 6.05. The highest BCUT2D eigenvalue weighted by molar-refractivity contribution is 5.90. The lowest BCUT2D eigenvalue weighted by molar-refractivity contribution is -0.137. The highest BCUT2D eigenvalue weighted by Gasteiger charge is 2.30. The summed E-state index contributed by atoms with van der Waals surface area (Å²) < 4.78 is 42.9. The van der Waals surface area contributed by atoms with Crippen LogP contribution in [-0.4, -0.2) is 17.6 Å². The van der Waals surface area contributed by atoms with E-state index in [0.29, 0.717) is 0 Å². The summed E-state index contributed by atoms with van der Waals surface area (Å²) in [7, 11) is 0. The number of benzene rings is 1. The Morgan fingerprint density at radius 1 is 1.23 bits per heavy atom. The van der Waals surface area contributed by atoms with Crippen molar-refractivity contribution in [3.63, 3.8) is 0 Å². The zero-order valence-corrected chi connectivity index (χ0v) is 11.5. The number of carbonyl (C=O) groups is 1. The molecule has 0 unspecified atom stereocenters. The molecule has 116 valence electrons. The van der Waals surface area contributed by atoms with Gasteiger partial charge in [-0.15, -0.1) is 0 Å². The van der Waals surface area contributed by atoms with Crippen molar-refractivity contribution in [1.29, 1.82) is 0 Å². The third-order valence-corrected chi connectivity index (χ3v) is 2.92. The predicted octanol–water partition coefficient (Wildman–Crippen LogP) is 3.24. The number of aromatic nitrogens is 1. The van der Waals surface area contributed by atoms with Gasteiger partial charge < -0.3 is 9.72 Å². The average molecular weight is 311 g/mol. The van der Waals surface area contributed by atoms with Crippen molar-refractivity contribution >= 4 is 5.97 Å². The number of aromatic amines is 1. The molecule has 0 bridgehead atoms. The lowest BCUT2D eigenvalue weighted by Crippen LogP contribution is -2.19. The fraction of sp³-hybridized carbons (Fsp3) is 0.200. The average Bonchev–Trinajstić information content (AvgIpc) is 2.47. The van der Waals surface area contributed by atoms with Gasteiger partial charge in [-0.1, -0.05) is 12.1 Å². The molecule has 1 heterocycles. The molecule has 0 aliphatic carbocycles. The zero-order chi connectivity index (χ0) is 16.3. The zero-order valence-electron chi connectivity index (χ0n) is 11.5. The lowest BCUT2D eigenvalue weighted by atomic mass is 10.0. The van der Waals surface area contributed by atoms with E-state index < -0.39 is 23.3 Å². The van der Waals surface area contributed by atoms with Crippen LogP contribution in [0.4, 0.5) is 13.2 Å². The molecule has 0 saturated carbocycles. The van der Waals surface area contributed by atoms with Gasteiger partial charge in [-0.2, -0.15) is 13.2 Å². The van der Waals surface area contributed by atoms with Crippen molar-refractivity contribution in [2.45, 2.75) is 13.1 Å². The third kappa shape index (κ3) is 3.36. The fourth-order valence-electron chi connectivity index (χ4n) is 1.89. The Hall–Kier alpha value is -2.57. The quantitative estimate of drug-likeness (QED) is 0.885. The summed E-state index contributed by atoms with van der Waals surface area (Å²) in [5.41, 5.74) is -1.20. The van der Waals surface area contributed by atoms with Crippen LogP contribution in [0.1, 0.15) is 22.8 Å². The van der Waals surface area contributed by atoms with E-state index >= 15 is 0 Å². The van der Waals surface area contributed by atoms with Crippen molar-refractivity contribution in [1.82, 2.24) is 4.98 Å². The maximum Gasteiger partial charge on any atom is 0.416 e. The van der Waals surface area contributed by atoms with Crippen LogP contribution < -0.4 is 5.56 Å². The van der Waals surface area contributed by atoms with E-state index in [9.17, 15) is 22.8 Å². The van der Waals surface area contributed by atoms with Crippen LogP contribution in [0.5, 0.6) is 0 Å². The van der Waals surface area contributed by atoms with Gasteiger partial charge in [-0.3, -0.25) is 4.79 Å². The van der Waals surface area contributed by atoms with Gasteiger partial charge in [-0.05, 0) is 36.2 Å². The number of halogens is 3. The number of hydrogen-bond acceptors (Lipinski definition) is 3. The molecule has 0 aliphatic heterocycles. The molecular weight excluding hydrogens is 299 g/mol. The molecule has 4 nitrogen and oxygen atoms in total. The number of alkyl halides is 3. The SMILES string of the molecule is CCOC(=O)c1cc(-c2cccc(C(F)(F)F)c2)c[nH]c1=O. The highest BCUT2D eigenvalue weighted by atomic mass is 19.4. The van der Waals surface area contributed by atoms with Crippen molar-refractivity contribution in [3.05, 3.63) is 58.0 Å². The smallest absolute Gasteiger partial charge is 0.416 e. The summed E-state index contributed by atoms with van der Waals surface area (Å²) >= 11 is 0. The van der Waals surface area contributed by atoms with Crippen LogP contribution >= 0.6 is 0 Å². The largest absolute Gasteiger partial charge is 0.462 e. The van der Waals surface area contributed by atoms with Crippen molar-refractivity contribution in [2.75, 3.05) is 6.61 Å². The minimum atomic E-state index is -4.47. The molecule has 0 spiro atoms. The van der Waals surface area contributed by atoms with Gasteiger partial charge in [-0.25, -0.2) is 4.79 Å². The first kappa shape index (κ1) is 15.8. The van der Waals surface area contributed by atoms with Crippen molar-refractivity contribution in [2.24, 2.45) is 0 Å². The van der Waals surface area contributed by atoms with Crippen molar-refractivity contribution < 1.29 is 22.7 Å². The van der Waals surface area contributed by atoms with Crippen LogP contribution in [0.3, 0.4) is 0 Å². The van der Waals surface area contributed by atoms with E-state index in [1.54, 1.807) is 6.92 Å². The molecule has 7 heteroatoms. The summed E-state index contributed by atoms with van der Waals surface area (Å²) in [5, 5.41) is 0. The van der Waals surface area contributed by atoms with Crippen LogP contribution in [-0.2, 0) is 10.9 Å². The number of ether oxygens (including phenoxy) is 1. The van der Waals surface area contributed by atoms with E-state index in [1.165, 1.54) is 24.4 Å². The summed E-state index contributed by atoms with van der Waals surface area (Å²) in [6.07, 6.45) is -3.22. The van der Waals surface area contributed by atoms with E-state index in [0.717, 1.165) is 12.1 Å². The Bertz CT molecular complexity index is 750. The molecular formula is C15H12F3NO3. The first-order valence-electron chi connectivity index (χ1n) is 6.40. The summed E-state index contributed by atoms with van der Waals surface area (Å²) in [6, 6.07) is 5.82. The molecule has 0 fully saturated rings. The number of rotatable bonds is 3. The van der Waals surface area contributed by atoms with Gasteiger partial charge in [0.05, 0.1) is 12.2 Å².